The molecule has 0 bridgehead atoms. The van der Waals surface area contributed by atoms with Gasteiger partial charge >= 0.3 is 0 Å². The summed E-state index contributed by atoms with van der Waals surface area (Å²) in [6.07, 6.45) is 5.75. The fourth-order valence-electron chi connectivity index (χ4n) is 3.38. The summed E-state index contributed by atoms with van der Waals surface area (Å²) in [6.45, 7) is 9.70. The Labute approximate surface area is 143 Å². The molecular formula is C19H28N2OS. The molecule has 0 unspecified atom stereocenters. The number of thioether (sulfide) groups is 1. The van der Waals surface area contributed by atoms with Crippen molar-refractivity contribution in [1.82, 2.24) is 9.55 Å². The topological polar surface area (TPSA) is 27.1 Å². The highest BCUT2D eigenvalue weighted by atomic mass is 32.2. The van der Waals surface area contributed by atoms with Crippen molar-refractivity contribution < 1.29 is 4.74 Å². The van der Waals surface area contributed by atoms with E-state index in [1.54, 1.807) is 11.8 Å². The summed E-state index contributed by atoms with van der Waals surface area (Å²) in [5, 5.41) is 0. The second kappa shape index (κ2) is 6.86. The van der Waals surface area contributed by atoms with Crippen molar-refractivity contribution in [1.29, 1.82) is 0 Å². The third kappa shape index (κ3) is 3.74. The lowest BCUT2D eigenvalue weighted by atomic mass is 9.94. The van der Waals surface area contributed by atoms with Crippen LogP contribution in [0.15, 0.2) is 23.1 Å². The van der Waals surface area contributed by atoms with Crippen molar-refractivity contribution in [2.24, 2.45) is 5.92 Å². The average molecular weight is 333 g/mol. The van der Waals surface area contributed by atoms with Gasteiger partial charge in [-0.15, -0.1) is 11.8 Å². The second-order valence-electron chi connectivity index (χ2n) is 7.54. The third-order valence-electron chi connectivity index (χ3n) is 4.73. The van der Waals surface area contributed by atoms with E-state index in [1.807, 2.05) is 0 Å². The summed E-state index contributed by atoms with van der Waals surface area (Å²) in [7, 11) is 0. The Morgan fingerprint density at radius 3 is 2.65 bits per heavy atom. The highest BCUT2D eigenvalue weighted by Gasteiger charge is 2.24. The van der Waals surface area contributed by atoms with Gasteiger partial charge in [-0.25, -0.2) is 4.98 Å². The highest BCUT2D eigenvalue weighted by molar-refractivity contribution is 7.98. The summed E-state index contributed by atoms with van der Waals surface area (Å²) in [5.74, 6) is 2.00. The Balaban J connectivity index is 1.92. The number of rotatable bonds is 4. The molecule has 2 heterocycles. The van der Waals surface area contributed by atoms with Crippen molar-refractivity contribution in [3.63, 3.8) is 0 Å². The van der Waals surface area contributed by atoms with E-state index in [0.29, 0.717) is 0 Å². The first kappa shape index (κ1) is 16.8. The number of ether oxygens (including phenoxy) is 1. The summed E-state index contributed by atoms with van der Waals surface area (Å²) in [5.41, 5.74) is 2.47. The van der Waals surface area contributed by atoms with E-state index in [2.05, 4.69) is 49.8 Å². The fraction of sp³-hybridized carbons (Fsp3) is 0.632. The molecule has 23 heavy (non-hydrogen) atoms. The van der Waals surface area contributed by atoms with E-state index >= 15 is 0 Å². The van der Waals surface area contributed by atoms with Gasteiger partial charge in [0.15, 0.2) is 0 Å². The smallest absolute Gasteiger partial charge is 0.115 e. The molecule has 0 aliphatic carbocycles. The highest BCUT2D eigenvalue weighted by Crippen LogP contribution is 2.30. The lowest BCUT2D eigenvalue weighted by Gasteiger charge is -2.24. The van der Waals surface area contributed by atoms with Gasteiger partial charge in [0, 0.05) is 30.1 Å². The van der Waals surface area contributed by atoms with Crippen molar-refractivity contribution in [3.8, 4) is 0 Å². The number of nitrogens with zero attached hydrogens (tertiary/aromatic N) is 2. The Bertz CT molecular complexity index is 666. The number of imidazole rings is 1. The van der Waals surface area contributed by atoms with E-state index in [-0.39, 0.29) is 5.41 Å². The van der Waals surface area contributed by atoms with Crippen LogP contribution < -0.4 is 0 Å². The fourth-order valence-corrected chi connectivity index (χ4v) is 3.82. The van der Waals surface area contributed by atoms with Crippen LogP contribution in [0.3, 0.4) is 0 Å². The van der Waals surface area contributed by atoms with Crippen molar-refractivity contribution >= 4 is 22.8 Å². The molecular weight excluding hydrogens is 304 g/mol. The van der Waals surface area contributed by atoms with Crippen LogP contribution in [0.25, 0.3) is 11.0 Å². The SMILES string of the molecule is CSc1ccc2c(c1)nc(C(C)(C)C)n2CCC1CCOCC1. The van der Waals surface area contributed by atoms with Gasteiger partial charge in [0.1, 0.15) is 5.82 Å². The Hall–Kier alpha value is -1.00. The standard InChI is InChI=1S/C19H28N2OS/c1-19(2,3)18-20-16-13-15(23-4)5-6-17(16)21(18)10-7-14-8-11-22-12-9-14/h5-6,13-14H,7-12H2,1-4H3. The molecule has 1 aromatic carbocycles. The van der Waals surface area contributed by atoms with Crippen LogP contribution in [0.2, 0.25) is 0 Å². The molecule has 0 saturated carbocycles. The van der Waals surface area contributed by atoms with Crippen LogP contribution in [-0.4, -0.2) is 29.0 Å². The number of hydrogen-bond acceptors (Lipinski definition) is 3. The van der Waals surface area contributed by atoms with E-state index in [4.69, 9.17) is 9.72 Å². The van der Waals surface area contributed by atoms with E-state index in [1.165, 1.54) is 35.5 Å². The molecule has 1 aromatic heterocycles. The monoisotopic (exact) mass is 332 g/mol. The molecule has 1 aliphatic heterocycles. The van der Waals surface area contributed by atoms with E-state index in [0.717, 1.165) is 31.2 Å². The van der Waals surface area contributed by atoms with Crippen LogP contribution in [0.5, 0.6) is 0 Å². The number of aryl methyl sites for hydroxylation is 1. The molecule has 0 amide bonds. The molecule has 0 radical (unpaired) electrons. The molecule has 1 aliphatic rings. The van der Waals surface area contributed by atoms with Gasteiger partial charge in [0.25, 0.3) is 0 Å². The van der Waals surface area contributed by atoms with Crippen LogP contribution >= 0.6 is 11.8 Å². The second-order valence-corrected chi connectivity index (χ2v) is 8.42. The largest absolute Gasteiger partial charge is 0.381 e. The molecule has 0 N–H and O–H groups in total. The average Bonchev–Trinajstić information content (AvgIpc) is 2.92. The summed E-state index contributed by atoms with van der Waals surface area (Å²) >= 11 is 1.78. The normalized spacial score (nSPS) is 17.0. The summed E-state index contributed by atoms with van der Waals surface area (Å²) in [6, 6.07) is 6.68. The molecule has 0 atom stereocenters. The quantitative estimate of drug-likeness (QED) is 0.747. The first-order valence-corrected chi connectivity index (χ1v) is 9.84. The molecule has 2 aromatic rings. The zero-order valence-corrected chi connectivity index (χ0v) is 15.6. The number of aromatic nitrogens is 2. The lowest BCUT2D eigenvalue weighted by molar-refractivity contribution is 0.0625. The van der Waals surface area contributed by atoms with Crippen molar-refractivity contribution in [3.05, 3.63) is 24.0 Å². The zero-order valence-electron chi connectivity index (χ0n) is 14.8. The van der Waals surface area contributed by atoms with Gasteiger partial charge < -0.3 is 9.30 Å². The first-order valence-electron chi connectivity index (χ1n) is 8.61. The van der Waals surface area contributed by atoms with Gasteiger partial charge in [-0.2, -0.15) is 0 Å². The predicted octanol–water partition coefficient (Wildman–Crippen LogP) is 4.87. The minimum atomic E-state index is 0.0637. The lowest BCUT2D eigenvalue weighted by Crippen LogP contribution is -2.21. The summed E-state index contributed by atoms with van der Waals surface area (Å²) in [4.78, 5) is 6.27. The Morgan fingerprint density at radius 2 is 2.00 bits per heavy atom. The maximum Gasteiger partial charge on any atom is 0.115 e. The molecule has 0 spiro atoms. The zero-order chi connectivity index (χ0) is 16.4. The van der Waals surface area contributed by atoms with Crippen LogP contribution in [-0.2, 0) is 16.7 Å². The number of benzene rings is 1. The maximum absolute atomic E-state index is 5.49. The Morgan fingerprint density at radius 1 is 1.26 bits per heavy atom. The van der Waals surface area contributed by atoms with Crippen LogP contribution in [0, 0.1) is 5.92 Å². The molecule has 3 nitrogen and oxygen atoms in total. The van der Waals surface area contributed by atoms with Crippen molar-refractivity contribution in [2.45, 2.75) is 56.9 Å². The number of fused-ring (bicyclic) bond motifs is 1. The van der Waals surface area contributed by atoms with Gasteiger partial charge in [0.2, 0.25) is 0 Å². The minimum absolute atomic E-state index is 0.0637. The minimum Gasteiger partial charge on any atom is -0.381 e. The molecule has 4 heteroatoms. The number of hydrogen-bond donors (Lipinski definition) is 0. The maximum atomic E-state index is 5.49. The van der Waals surface area contributed by atoms with Crippen molar-refractivity contribution in [2.75, 3.05) is 19.5 Å². The molecule has 1 saturated heterocycles. The first-order chi connectivity index (χ1) is 11.0. The van der Waals surface area contributed by atoms with Gasteiger partial charge in [-0.1, -0.05) is 20.8 Å². The predicted molar refractivity (Wildman–Crippen MR) is 98.4 cm³/mol. The molecule has 126 valence electrons. The van der Waals surface area contributed by atoms with E-state index < -0.39 is 0 Å². The van der Waals surface area contributed by atoms with Gasteiger partial charge in [-0.3, -0.25) is 0 Å². The molecule has 3 rings (SSSR count). The summed E-state index contributed by atoms with van der Waals surface area (Å²) < 4.78 is 7.94. The van der Waals surface area contributed by atoms with Crippen LogP contribution in [0.1, 0.15) is 45.9 Å². The molecule has 1 fully saturated rings. The Kier molecular flexibility index (Phi) is 5.02. The van der Waals surface area contributed by atoms with Crippen LogP contribution in [0.4, 0.5) is 0 Å². The van der Waals surface area contributed by atoms with E-state index in [9.17, 15) is 0 Å². The third-order valence-corrected chi connectivity index (χ3v) is 5.45. The van der Waals surface area contributed by atoms with Gasteiger partial charge in [0.05, 0.1) is 11.0 Å². The van der Waals surface area contributed by atoms with Gasteiger partial charge in [-0.05, 0) is 49.6 Å².